The Morgan fingerprint density at radius 2 is 1.46 bits per heavy atom. The van der Waals surface area contributed by atoms with Crippen LogP contribution in [0.3, 0.4) is 0 Å². The maximum absolute atomic E-state index is 13.2. The van der Waals surface area contributed by atoms with E-state index in [4.69, 9.17) is 23.0 Å². The Bertz CT molecular complexity index is 790. The molecule has 2 rings (SSSR count). The first-order valence-corrected chi connectivity index (χ1v) is 10.3. The van der Waals surface area contributed by atoms with Crippen molar-refractivity contribution < 1.29 is 32.4 Å². The zero-order valence-corrected chi connectivity index (χ0v) is 17.3. The predicted molar refractivity (Wildman–Crippen MR) is 105 cm³/mol. The summed E-state index contributed by atoms with van der Waals surface area (Å²) in [5.41, 5.74) is 0.804. The van der Waals surface area contributed by atoms with E-state index in [1.165, 1.54) is 14.2 Å². The van der Waals surface area contributed by atoms with Gasteiger partial charge in [-0.05, 0) is 31.5 Å². The van der Waals surface area contributed by atoms with Gasteiger partial charge in [0, 0.05) is 11.6 Å². The highest BCUT2D eigenvalue weighted by Crippen LogP contribution is 2.53. The molecule has 0 aliphatic carbocycles. The van der Waals surface area contributed by atoms with Gasteiger partial charge < -0.3 is 9.47 Å². The Morgan fingerprint density at radius 3 is 1.93 bits per heavy atom. The van der Waals surface area contributed by atoms with Crippen LogP contribution in [0.2, 0.25) is 0 Å². The van der Waals surface area contributed by atoms with Crippen molar-refractivity contribution in [2.45, 2.75) is 20.0 Å². The third kappa shape index (κ3) is 5.66. The molecule has 0 saturated carbocycles. The van der Waals surface area contributed by atoms with Gasteiger partial charge in [0.25, 0.3) is 0 Å². The number of ether oxygens (including phenoxy) is 2. The fourth-order valence-corrected chi connectivity index (χ4v) is 3.84. The van der Waals surface area contributed by atoms with E-state index in [0.29, 0.717) is 22.6 Å². The number of hydrogen-bond donors (Lipinski definition) is 0. The molecule has 0 N–H and O–H groups in total. The van der Waals surface area contributed by atoms with Crippen LogP contribution >= 0.6 is 7.82 Å². The summed E-state index contributed by atoms with van der Waals surface area (Å²) >= 11 is 0. The molecule has 0 radical (unpaired) electrons. The second-order valence-electron chi connectivity index (χ2n) is 5.64. The molecule has 0 aromatic heterocycles. The normalized spacial score (nSPS) is 12.4. The molecular weight excluding hydrogens is 383 g/mol. The van der Waals surface area contributed by atoms with Gasteiger partial charge in [-0.25, -0.2) is 4.57 Å². The first-order chi connectivity index (χ1) is 13.5. The van der Waals surface area contributed by atoms with E-state index in [0.717, 1.165) is 0 Å². The number of ketones is 1. The third-order valence-electron chi connectivity index (χ3n) is 3.78. The Hall–Kier alpha value is -2.18. The van der Waals surface area contributed by atoms with Crippen LogP contribution in [0.4, 0.5) is 0 Å². The van der Waals surface area contributed by atoms with Gasteiger partial charge in [-0.15, -0.1) is 0 Å². The van der Waals surface area contributed by atoms with E-state index < -0.39 is 19.7 Å². The molecule has 0 aliphatic rings. The van der Waals surface area contributed by atoms with E-state index in [9.17, 15) is 9.36 Å². The maximum Gasteiger partial charge on any atom is 0.475 e. The van der Waals surface area contributed by atoms with E-state index >= 15 is 0 Å². The number of methoxy groups -OCH3 is 2. The summed E-state index contributed by atoms with van der Waals surface area (Å²) in [7, 11) is -0.967. The van der Waals surface area contributed by atoms with Crippen molar-refractivity contribution in [1.82, 2.24) is 0 Å². The van der Waals surface area contributed by atoms with Gasteiger partial charge in [0.2, 0.25) is 0 Å². The van der Waals surface area contributed by atoms with Gasteiger partial charge >= 0.3 is 7.82 Å². The minimum absolute atomic E-state index is 0.102. The summed E-state index contributed by atoms with van der Waals surface area (Å²) in [5, 5.41) is 0. The summed E-state index contributed by atoms with van der Waals surface area (Å²) in [5.74, 6) is 0.536. The minimum Gasteiger partial charge on any atom is -0.497 e. The van der Waals surface area contributed by atoms with Crippen molar-refractivity contribution >= 4 is 13.6 Å². The number of rotatable bonds is 11. The molecule has 28 heavy (non-hydrogen) atoms. The van der Waals surface area contributed by atoms with Gasteiger partial charge in [-0.1, -0.05) is 30.3 Å². The number of hydrogen-bond acceptors (Lipinski definition) is 7. The summed E-state index contributed by atoms with van der Waals surface area (Å²) in [6, 6.07) is 13.5. The van der Waals surface area contributed by atoms with Gasteiger partial charge in [0.1, 0.15) is 11.5 Å². The van der Waals surface area contributed by atoms with Crippen LogP contribution in [0.25, 0.3) is 0 Å². The third-order valence-corrected chi connectivity index (χ3v) is 5.40. The molecule has 2 aromatic rings. The van der Waals surface area contributed by atoms with Crippen LogP contribution in [0.1, 0.15) is 35.9 Å². The second kappa shape index (κ2) is 10.4. The highest BCUT2D eigenvalue weighted by atomic mass is 31.2. The molecule has 8 heteroatoms. The Labute approximate surface area is 165 Å². The average molecular weight is 408 g/mol. The molecular formula is C20H25O7P. The Balaban J connectivity index is 2.53. The second-order valence-corrected chi connectivity index (χ2v) is 7.27. The lowest BCUT2D eigenvalue weighted by atomic mass is 9.99. The first kappa shape index (κ1) is 22.1. The summed E-state index contributed by atoms with van der Waals surface area (Å²) in [6.45, 7) is 3.53. The van der Waals surface area contributed by atoms with Crippen molar-refractivity contribution in [3.05, 3.63) is 59.7 Å². The van der Waals surface area contributed by atoms with E-state index in [-0.39, 0.29) is 13.2 Å². The number of carbonyl (C=O) groups excluding carboxylic acids is 1. The summed E-state index contributed by atoms with van der Waals surface area (Å²) in [6.07, 6.45) is -1.24. The van der Waals surface area contributed by atoms with Crippen molar-refractivity contribution in [3.8, 4) is 11.5 Å². The zero-order chi connectivity index (χ0) is 20.6. The van der Waals surface area contributed by atoms with Gasteiger partial charge in [-0.2, -0.15) is 0 Å². The van der Waals surface area contributed by atoms with Crippen LogP contribution in [-0.2, 0) is 18.1 Å². The number of carbonyl (C=O) groups is 1. The molecule has 2 aromatic carbocycles. The molecule has 0 bridgehead atoms. The lowest BCUT2D eigenvalue weighted by molar-refractivity contribution is 0.0593. The predicted octanol–water partition coefficient (Wildman–Crippen LogP) is 4.83. The lowest BCUT2D eigenvalue weighted by Gasteiger charge is -2.23. The highest BCUT2D eigenvalue weighted by molar-refractivity contribution is 7.48. The molecule has 0 amide bonds. The SMILES string of the molecule is CCOP(=O)(OCC)OC(C(=O)c1ccccc1)c1cc(OC)cc(OC)c1. The molecule has 152 valence electrons. The van der Waals surface area contributed by atoms with Gasteiger partial charge in [-0.3, -0.25) is 18.4 Å². The molecule has 1 atom stereocenters. The smallest absolute Gasteiger partial charge is 0.475 e. The Morgan fingerprint density at radius 1 is 0.929 bits per heavy atom. The number of phosphoric ester groups is 1. The number of Topliss-reactive ketones (excluding diaryl/α,β-unsaturated/α-hetero) is 1. The zero-order valence-electron chi connectivity index (χ0n) is 16.4. The lowest BCUT2D eigenvalue weighted by Crippen LogP contribution is -2.17. The van der Waals surface area contributed by atoms with Gasteiger partial charge in [0.15, 0.2) is 11.9 Å². The summed E-state index contributed by atoms with van der Waals surface area (Å²) in [4.78, 5) is 13.2. The summed E-state index contributed by atoms with van der Waals surface area (Å²) < 4.78 is 39.6. The number of benzene rings is 2. The van der Waals surface area contributed by atoms with E-state index in [1.807, 2.05) is 0 Å². The molecule has 0 fully saturated rings. The van der Waals surface area contributed by atoms with Crippen molar-refractivity contribution in [2.24, 2.45) is 0 Å². The van der Waals surface area contributed by atoms with Gasteiger partial charge in [0.05, 0.1) is 27.4 Å². The van der Waals surface area contributed by atoms with Crippen LogP contribution in [-0.4, -0.2) is 33.2 Å². The monoisotopic (exact) mass is 408 g/mol. The largest absolute Gasteiger partial charge is 0.497 e. The van der Waals surface area contributed by atoms with Crippen LogP contribution < -0.4 is 9.47 Å². The van der Waals surface area contributed by atoms with Crippen molar-refractivity contribution in [3.63, 3.8) is 0 Å². The van der Waals surface area contributed by atoms with Crippen molar-refractivity contribution in [1.29, 1.82) is 0 Å². The fraction of sp³-hybridized carbons (Fsp3) is 0.350. The number of phosphoric acid groups is 1. The molecule has 7 nitrogen and oxygen atoms in total. The van der Waals surface area contributed by atoms with Crippen LogP contribution in [0.15, 0.2) is 48.5 Å². The maximum atomic E-state index is 13.2. The van der Waals surface area contributed by atoms with Crippen LogP contribution in [0, 0.1) is 0 Å². The molecule has 0 saturated heterocycles. The molecule has 0 spiro atoms. The molecule has 1 unspecified atom stereocenters. The van der Waals surface area contributed by atoms with Crippen molar-refractivity contribution in [2.75, 3.05) is 27.4 Å². The molecule has 0 aliphatic heterocycles. The fourth-order valence-electron chi connectivity index (χ4n) is 2.54. The highest BCUT2D eigenvalue weighted by Gasteiger charge is 2.35. The standard InChI is InChI=1S/C20H25O7P/c1-5-25-28(22,26-6-2)27-20(19(21)15-10-8-7-9-11-15)16-12-17(23-3)14-18(13-16)24-4/h7-14,20H,5-6H2,1-4H3. The van der Waals surface area contributed by atoms with E-state index in [2.05, 4.69) is 0 Å². The topological polar surface area (TPSA) is 80.3 Å². The minimum atomic E-state index is -3.96. The Kier molecular flexibility index (Phi) is 8.20. The van der Waals surface area contributed by atoms with Crippen LogP contribution in [0.5, 0.6) is 11.5 Å². The first-order valence-electron chi connectivity index (χ1n) is 8.86. The average Bonchev–Trinajstić information content (AvgIpc) is 2.72. The molecule has 0 heterocycles. The van der Waals surface area contributed by atoms with E-state index in [1.54, 1.807) is 62.4 Å². The quantitative estimate of drug-likeness (QED) is 0.389.